The molecule has 0 aliphatic carbocycles. The first kappa shape index (κ1) is 20.6. The molecule has 0 atom stereocenters. The fraction of sp³-hybridized carbons (Fsp3) is 0.238. The molecule has 2 N–H and O–H groups in total. The van der Waals surface area contributed by atoms with Crippen LogP contribution in [-0.4, -0.2) is 51.2 Å². The van der Waals surface area contributed by atoms with Crippen LogP contribution >= 0.6 is 11.8 Å². The molecule has 2 aromatic carbocycles. The van der Waals surface area contributed by atoms with Crippen molar-refractivity contribution in [3.8, 4) is 11.4 Å². The van der Waals surface area contributed by atoms with Crippen molar-refractivity contribution in [3.05, 3.63) is 59.7 Å². The van der Waals surface area contributed by atoms with Crippen LogP contribution in [-0.2, 0) is 9.59 Å². The Morgan fingerprint density at radius 1 is 1.07 bits per heavy atom. The number of hydrogen-bond acceptors (Lipinski definition) is 5. The summed E-state index contributed by atoms with van der Waals surface area (Å²) < 4.78 is 0. The van der Waals surface area contributed by atoms with Crippen LogP contribution in [0.2, 0.25) is 0 Å². The average molecular weight is 410 g/mol. The number of para-hydroxylation sites is 1. The molecule has 0 saturated heterocycles. The number of rotatable bonds is 7. The van der Waals surface area contributed by atoms with E-state index in [0.717, 1.165) is 22.4 Å². The van der Waals surface area contributed by atoms with Gasteiger partial charge in [0.2, 0.25) is 17.0 Å². The van der Waals surface area contributed by atoms with Crippen molar-refractivity contribution in [2.75, 3.05) is 24.7 Å². The molecular weight excluding hydrogens is 386 g/mol. The van der Waals surface area contributed by atoms with Crippen LogP contribution in [0.5, 0.6) is 0 Å². The molecule has 7 nitrogen and oxygen atoms in total. The molecule has 0 aliphatic rings. The van der Waals surface area contributed by atoms with Crippen molar-refractivity contribution in [2.24, 2.45) is 0 Å². The number of likely N-dealkylation sites (N-methyl/N-ethyl adjacent to an activating group) is 1. The van der Waals surface area contributed by atoms with Gasteiger partial charge in [0.15, 0.2) is 5.82 Å². The van der Waals surface area contributed by atoms with E-state index in [2.05, 4.69) is 20.5 Å². The van der Waals surface area contributed by atoms with E-state index in [1.165, 1.54) is 16.7 Å². The van der Waals surface area contributed by atoms with Gasteiger partial charge >= 0.3 is 0 Å². The Labute approximate surface area is 173 Å². The van der Waals surface area contributed by atoms with E-state index in [-0.39, 0.29) is 24.1 Å². The normalized spacial score (nSPS) is 10.6. The smallest absolute Gasteiger partial charge is 0.243 e. The van der Waals surface area contributed by atoms with Gasteiger partial charge in [-0.05, 0) is 25.0 Å². The maximum absolute atomic E-state index is 12.4. The van der Waals surface area contributed by atoms with Crippen LogP contribution in [0.25, 0.3) is 11.4 Å². The van der Waals surface area contributed by atoms with Crippen LogP contribution in [0.15, 0.2) is 53.7 Å². The third kappa shape index (κ3) is 5.45. The Kier molecular flexibility index (Phi) is 6.66. The molecule has 0 bridgehead atoms. The zero-order valence-corrected chi connectivity index (χ0v) is 17.4. The lowest BCUT2D eigenvalue weighted by atomic mass is 10.1. The standard InChI is InChI=1S/C21H23N5O2S/c1-14-8-7-9-15(2)19(14)22-17(27)12-26(3)18(28)13-29-21-23-20(24-25-21)16-10-5-4-6-11-16/h4-11H,12-13H2,1-3H3,(H,22,27)(H,23,24,25). The SMILES string of the molecule is Cc1cccc(C)c1NC(=O)CN(C)C(=O)CSc1n[nH]c(-c2ccccc2)n1. The summed E-state index contributed by atoms with van der Waals surface area (Å²) in [5.74, 6) is 0.409. The third-order valence-electron chi connectivity index (χ3n) is 4.39. The Bertz CT molecular complexity index is 983. The number of benzene rings is 2. The van der Waals surface area contributed by atoms with Gasteiger partial charge in [-0.2, -0.15) is 0 Å². The molecule has 150 valence electrons. The Morgan fingerprint density at radius 3 is 2.45 bits per heavy atom. The van der Waals surface area contributed by atoms with Crippen LogP contribution in [0.1, 0.15) is 11.1 Å². The van der Waals surface area contributed by atoms with E-state index in [1.807, 2.05) is 62.4 Å². The highest BCUT2D eigenvalue weighted by Gasteiger charge is 2.16. The highest BCUT2D eigenvalue weighted by molar-refractivity contribution is 7.99. The first-order chi connectivity index (χ1) is 13.9. The third-order valence-corrected chi connectivity index (χ3v) is 5.22. The van der Waals surface area contributed by atoms with Gasteiger partial charge in [-0.1, -0.05) is 60.3 Å². The Morgan fingerprint density at radius 2 is 1.76 bits per heavy atom. The van der Waals surface area contributed by atoms with Crippen molar-refractivity contribution in [2.45, 2.75) is 19.0 Å². The minimum atomic E-state index is -0.229. The Hall–Kier alpha value is -3.13. The molecule has 1 aromatic heterocycles. The summed E-state index contributed by atoms with van der Waals surface area (Å²) >= 11 is 1.23. The number of nitrogens with zero attached hydrogens (tertiary/aromatic N) is 3. The molecule has 3 rings (SSSR count). The molecule has 8 heteroatoms. The summed E-state index contributed by atoms with van der Waals surface area (Å²) in [7, 11) is 1.61. The number of anilines is 1. The molecular formula is C21H23N5O2S. The fourth-order valence-electron chi connectivity index (χ4n) is 2.77. The van der Waals surface area contributed by atoms with Gasteiger partial charge in [0.05, 0.1) is 12.3 Å². The van der Waals surface area contributed by atoms with Gasteiger partial charge in [-0.15, -0.1) is 5.10 Å². The quantitative estimate of drug-likeness (QED) is 0.585. The number of aromatic amines is 1. The van der Waals surface area contributed by atoms with E-state index in [1.54, 1.807) is 7.05 Å². The number of thioether (sulfide) groups is 1. The van der Waals surface area contributed by atoms with Crippen LogP contribution in [0, 0.1) is 13.8 Å². The van der Waals surface area contributed by atoms with Gasteiger partial charge < -0.3 is 10.2 Å². The number of hydrogen-bond donors (Lipinski definition) is 2. The molecule has 2 amide bonds. The first-order valence-electron chi connectivity index (χ1n) is 9.14. The van der Waals surface area contributed by atoms with E-state index < -0.39 is 0 Å². The van der Waals surface area contributed by atoms with Crippen molar-refractivity contribution >= 4 is 29.3 Å². The molecule has 29 heavy (non-hydrogen) atoms. The van der Waals surface area contributed by atoms with Gasteiger partial charge in [0.25, 0.3) is 0 Å². The molecule has 0 fully saturated rings. The molecule has 0 unspecified atom stereocenters. The summed E-state index contributed by atoms with van der Waals surface area (Å²) in [5.41, 5.74) is 3.70. The zero-order chi connectivity index (χ0) is 20.8. The average Bonchev–Trinajstić information content (AvgIpc) is 3.19. The predicted octanol–water partition coefficient (Wildman–Crippen LogP) is 3.28. The van der Waals surface area contributed by atoms with Crippen LogP contribution < -0.4 is 5.32 Å². The summed E-state index contributed by atoms with van der Waals surface area (Å²) in [6, 6.07) is 15.5. The van der Waals surface area contributed by atoms with Crippen molar-refractivity contribution in [1.29, 1.82) is 0 Å². The zero-order valence-electron chi connectivity index (χ0n) is 16.6. The van der Waals surface area contributed by atoms with Crippen molar-refractivity contribution in [3.63, 3.8) is 0 Å². The van der Waals surface area contributed by atoms with E-state index in [0.29, 0.717) is 11.0 Å². The lowest BCUT2D eigenvalue weighted by Gasteiger charge is -2.17. The lowest BCUT2D eigenvalue weighted by Crippen LogP contribution is -2.36. The van der Waals surface area contributed by atoms with Crippen LogP contribution in [0.3, 0.4) is 0 Å². The fourth-order valence-corrected chi connectivity index (χ4v) is 3.51. The summed E-state index contributed by atoms with van der Waals surface area (Å²) in [5, 5.41) is 10.4. The maximum Gasteiger partial charge on any atom is 0.243 e. The minimum Gasteiger partial charge on any atom is -0.336 e. The number of carbonyl (C=O) groups is 2. The summed E-state index contributed by atoms with van der Waals surface area (Å²) in [4.78, 5) is 30.5. The van der Waals surface area contributed by atoms with Gasteiger partial charge in [0.1, 0.15) is 0 Å². The molecule has 3 aromatic rings. The number of amides is 2. The second-order valence-electron chi connectivity index (χ2n) is 6.69. The van der Waals surface area contributed by atoms with Gasteiger partial charge in [-0.3, -0.25) is 14.7 Å². The van der Waals surface area contributed by atoms with E-state index in [9.17, 15) is 9.59 Å². The molecule has 0 radical (unpaired) electrons. The summed E-state index contributed by atoms with van der Waals surface area (Å²) in [6.07, 6.45) is 0. The molecule has 0 saturated carbocycles. The minimum absolute atomic E-state index is 0.0174. The number of carbonyl (C=O) groups excluding carboxylic acids is 2. The molecule has 1 heterocycles. The lowest BCUT2D eigenvalue weighted by molar-refractivity contribution is -0.131. The molecule has 0 spiro atoms. The van der Waals surface area contributed by atoms with Crippen molar-refractivity contribution < 1.29 is 9.59 Å². The monoisotopic (exact) mass is 409 g/mol. The Balaban J connectivity index is 1.50. The number of H-pyrrole nitrogens is 1. The maximum atomic E-state index is 12.4. The topological polar surface area (TPSA) is 91.0 Å². The van der Waals surface area contributed by atoms with Crippen LogP contribution in [0.4, 0.5) is 5.69 Å². The van der Waals surface area contributed by atoms with Gasteiger partial charge in [0, 0.05) is 18.3 Å². The number of aryl methyl sites for hydroxylation is 2. The van der Waals surface area contributed by atoms with Gasteiger partial charge in [-0.25, -0.2) is 4.98 Å². The molecule has 0 aliphatic heterocycles. The van der Waals surface area contributed by atoms with E-state index >= 15 is 0 Å². The second-order valence-corrected chi connectivity index (χ2v) is 7.63. The largest absolute Gasteiger partial charge is 0.336 e. The highest BCUT2D eigenvalue weighted by Crippen LogP contribution is 2.20. The predicted molar refractivity (Wildman–Crippen MR) is 115 cm³/mol. The van der Waals surface area contributed by atoms with Crippen molar-refractivity contribution in [1.82, 2.24) is 20.1 Å². The number of aromatic nitrogens is 3. The number of nitrogens with one attached hydrogen (secondary N) is 2. The highest BCUT2D eigenvalue weighted by atomic mass is 32.2. The summed E-state index contributed by atoms with van der Waals surface area (Å²) in [6.45, 7) is 3.86. The first-order valence-corrected chi connectivity index (χ1v) is 10.1. The van der Waals surface area contributed by atoms with E-state index in [4.69, 9.17) is 0 Å². The second kappa shape index (κ2) is 9.38.